The van der Waals surface area contributed by atoms with Gasteiger partial charge in [0.25, 0.3) is 10.0 Å². The van der Waals surface area contributed by atoms with Gasteiger partial charge in [0.1, 0.15) is 11.2 Å². The Labute approximate surface area is 123 Å². The first-order valence-corrected chi connectivity index (χ1v) is 7.87. The summed E-state index contributed by atoms with van der Waals surface area (Å²) in [7, 11) is -1.22. The molecule has 0 saturated carbocycles. The van der Waals surface area contributed by atoms with Crippen molar-refractivity contribution < 1.29 is 17.9 Å². The zero-order chi connectivity index (χ0) is 15.5. The highest BCUT2D eigenvalue weighted by molar-refractivity contribution is 7.89. The number of aryl methyl sites for hydroxylation is 1. The van der Waals surface area contributed by atoms with Gasteiger partial charge in [-0.2, -0.15) is 4.72 Å². The van der Waals surface area contributed by atoms with Gasteiger partial charge in [-0.25, -0.2) is 13.4 Å². The van der Waals surface area contributed by atoms with Gasteiger partial charge in [-0.1, -0.05) is 31.9 Å². The number of hydrogen-bond donors (Lipinski definition) is 1. The zero-order valence-electron chi connectivity index (χ0n) is 11.8. The van der Waals surface area contributed by atoms with Gasteiger partial charge in [0, 0.05) is 7.05 Å². The van der Waals surface area contributed by atoms with Crippen LogP contribution in [0.2, 0.25) is 5.15 Å². The Morgan fingerprint density at radius 3 is 2.60 bits per heavy atom. The third-order valence-corrected chi connectivity index (χ3v) is 4.97. The van der Waals surface area contributed by atoms with Gasteiger partial charge >= 0.3 is 5.97 Å². The van der Waals surface area contributed by atoms with Gasteiger partial charge < -0.3 is 9.30 Å². The second-order valence-corrected chi connectivity index (χ2v) is 6.45. The molecule has 1 aromatic rings. The minimum atomic E-state index is -3.99. The van der Waals surface area contributed by atoms with E-state index in [-0.39, 0.29) is 16.1 Å². The predicted octanol–water partition coefficient (Wildman–Crippen LogP) is 0.939. The molecule has 114 valence electrons. The standard InChI is InChI=1S/C11H18ClN3O4S/c1-5-7(2)8(11(16)19-4)14-20(17,18)10-9(12)15(3)6-13-10/h6-8,14H,5H2,1-4H3. The largest absolute Gasteiger partial charge is 0.468 e. The molecule has 1 aromatic heterocycles. The zero-order valence-corrected chi connectivity index (χ0v) is 13.3. The number of esters is 1. The summed E-state index contributed by atoms with van der Waals surface area (Å²) in [4.78, 5) is 15.4. The summed E-state index contributed by atoms with van der Waals surface area (Å²) in [6.45, 7) is 3.60. The van der Waals surface area contributed by atoms with Crippen molar-refractivity contribution in [1.82, 2.24) is 14.3 Å². The second-order valence-electron chi connectivity index (χ2n) is 4.46. The number of nitrogens with zero attached hydrogens (tertiary/aromatic N) is 2. The summed E-state index contributed by atoms with van der Waals surface area (Å²) in [6.07, 6.45) is 1.89. The fourth-order valence-electron chi connectivity index (χ4n) is 1.56. The molecule has 2 unspecified atom stereocenters. The van der Waals surface area contributed by atoms with E-state index < -0.39 is 22.0 Å². The number of sulfonamides is 1. The molecule has 2 atom stereocenters. The van der Waals surface area contributed by atoms with Gasteiger partial charge in [-0.05, 0) is 5.92 Å². The Morgan fingerprint density at radius 2 is 2.20 bits per heavy atom. The van der Waals surface area contributed by atoms with Crippen LogP contribution in [0.1, 0.15) is 20.3 Å². The van der Waals surface area contributed by atoms with Crippen molar-refractivity contribution in [2.24, 2.45) is 13.0 Å². The van der Waals surface area contributed by atoms with Crippen molar-refractivity contribution in [3.8, 4) is 0 Å². The quantitative estimate of drug-likeness (QED) is 0.787. The molecule has 0 aliphatic heterocycles. The summed E-state index contributed by atoms with van der Waals surface area (Å²) in [5, 5.41) is -0.329. The SMILES string of the molecule is CCC(C)C(NS(=O)(=O)c1ncn(C)c1Cl)C(=O)OC. The first-order valence-electron chi connectivity index (χ1n) is 6.01. The Morgan fingerprint density at radius 1 is 1.60 bits per heavy atom. The van der Waals surface area contributed by atoms with E-state index in [1.165, 1.54) is 18.0 Å². The predicted molar refractivity (Wildman–Crippen MR) is 73.8 cm³/mol. The van der Waals surface area contributed by atoms with Crippen molar-refractivity contribution in [3.63, 3.8) is 0 Å². The van der Waals surface area contributed by atoms with Crippen molar-refractivity contribution in [3.05, 3.63) is 11.5 Å². The lowest BCUT2D eigenvalue weighted by atomic mass is 10.0. The lowest BCUT2D eigenvalue weighted by molar-refractivity contribution is -0.143. The summed E-state index contributed by atoms with van der Waals surface area (Å²) in [6, 6.07) is -0.979. The Balaban J connectivity index is 3.09. The molecular weight excluding hydrogens is 306 g/mol. The van der Waals surface area contributed by atoms with Gasteiger partial charge in [0.2, 0.25) is 5.03 Å². The van der Waals surface area contributed by atoms with Crippen LogP contribution in [0.25, 0.3) is 0 Å². The van der Waals surface area contributed by atoms with Crippen molar-refractivity contribution in [1.29, 1.82) is 0 Å². The Bertz CT molecular complexity index is 584. The second kappa shape index (κ2) is 6.55. The lowest BCUT2D eigenvalue weighted by Gasteiger charge is -2.21. The number of ether oxygens (including phenoxy) is 1. The Hall–Kier alpha value is -1.12. The molecule has 0 saturated heterocycles. The van der Waals surface area contributed by atoms with E-state index in [4.69, 9.17) is 11.6 Å². The maximum atomic E-state index is 12.2. The molecular formula is C11H18ClN3O4S. The summed E-state index contributed by atoms with van der Waals surface area (Å²) >= 11 is 5.87. The van der Waals surface area contributed by atoms with Crippen LogP contribution in [-0.2, 0) is 26.6 Å². The van der Waals surface area contributed by atoms with Crippen LogP contribution in [-0.4, -0.2) is 37.1 Å². The number of halogens is 1. The third-order valence-electron chi connectivity index (χ3n) is 3.04. The molecule has 9 heteroatoms. The van der Waals surface area contributed by atoms with E-state index in [2.05, 4.69) is 14.4 Å². The molecule has 0 aliphatic rings. The minimum Gasteiger partial charge on any atom is -0.468 e. The fourth-order valence-corrected chi connectivity index (χ4v) is 3.28. The van der Waals surface area contributed by atoms with E-state index in [9.17, 15) is 13.2 Å². The highest BCUT2D eigenvalue weighted by atomic mass is 35.5. The lowest BCUT2D eigenvalue weighted by Crippen LogP contribution is -2.45. The van der Waals surface area contributed by atoms with E-state index in [0.29, 0.717) is 6.42 Å². The molecule has 20 heavy (non-hydrogen) atoms. The maximum absolute atomic E-state index is 12.2. The highest BCUT2D eigenvalue weighted by Crippen LogP contribution is 2.20. The molecule has 0 radical (unpaired) electrons. The number of rotatable bonds is 6. The number of carbonyl (C=O) groups is 1. The Kier molecular flexibility index (Phi) is 5.55. The number of aromatic nitrogens is 2. The number of carbonyl (C=O) groups excluding carboxylic acids is 1. The number of imidazole rings is 1. The van der Waals surface area contributed by atoms with Crippen LogP contribution in [0.5, 0.6) is 0 Å². The van der Waals surface area contributed by atoms with Crippen molar-refractivity contribution in [2.75, 3.05) is 7.11 Å². The summed E-state index contributed by atoms with van der Waals surface area (Å²) in [5.41, 5.74) is 0. The molecule has 1 rings (SSSR count). The van der Waals surface area contributed by atoms with Crippen LogP contribution in [0, 0.1) is 5.92 Å². The monoisotopic (exact) mass is 323 g/mol. The third kappa shape index (κ3) is 3.50. The van der Waals surface area contributed by atoms with Crippen LogP contribution in [0.4, 0.5) is 0 Å². The molecule has 0 spiro atoms. The summed E-state index contributed by atoms with van der Waals surface area (Å²) < 4.78 is 32.8. The fraction of sp³-hybridized carbons (Fsp3) is 0.636. The van der Waals surface area contributed by atoms with Crippen molar-refractivity contribution in [2.45, 2.75) is 31.3 Å². The average molecular weight is 324 g/mol. The van der Waals surface area contributed by atoms with Gasteiger partial charge in [-0.3, -0.25) is 4.79 Å². The molecule has 0 amide bonds. The number of nitrogens with one attached hydrogen (secondary N) is 1. The van der Waals surface area contributed by atoms with Gasteiger partial charge in [0.05, 0.1) is 13.4 Å². The number of methoxy groups -OCH3 is 1. The van der Waals surface area contributed by atoms with E-state index >= 15 is 0 Å². The highest BCUT2D eigenvalue weighted by Gasteiger charge is 2.32. The van der Waals surface area contributed by atoms with E-state index in [0.717, 1.165) is 0 Å². The minimum absolute atomic E-state index is 0.0229. The van der Waals surface area contributed by atoms with Crippen LogP contribution < -0.4 is 4.72 Å². The molecule has 0 aromatic carbocycles. The maximum Gasteiger partial charge on any atom is 0.324 e. The molecule has 7 nitrogen and oxygen atoms in total. The van der Waals surface area contributed by atoms with Crippen LogP contribution >= 0.6 is 11.6 Å². The topological polar surface area (TPSA) is 90.3 Å². The van der Waals surface area contributed by atoms with Crippen LogP contribution in [0.15, 0.2) is 11.4 Å². The molecule has 1 heterocycles. The van der Waals surface area contributed by atoms with E-state index in [1.807, 2.05) is 6.92 Å². The van der Waals surface area contributed by atoms with Crippen molar-refractivity contribution >= 4 is 27.6 Å². The molecule has 0 aliphatic carbocycles. The first kappa shape index (κ1) is 16.9. The van der Waals surface area contributed by atoms with E-state index in [1.54, 1.807) is 14.0 Å². The average Bonchev–Trinajstić information content (AvgIpc) is 2.75. The molecule has 0 bridgehead atoms. The number of hydrogen-bond acceptors (Lipinski definition) is 5. The van der Waals surface area contributed by atoms with Gasteiger partial charge in [0.15, 0.2) is 0 Å². The smallest absolute Gasteiger partial charge is 0.324 e. The van der Waals surface area contributed by atoms with Gasteiger partial charge in [-0.15, -0.1) is 0 Å². The molecule has 1 N–H and O–H groups in total. The van der Waals surface area contributed by atoms with Crippen LogP contribution in [0.3, 0.4) is 0 Å². The molecule has 0 fully saturated rings. The first-order chi connectivity index (χ1) is 9.24. The normalized spacial score (nSPS) is 14.8. The summed E-state index contributed by atoms with van der Waals surface area (Å²) in [5.74, 6) is -0.866.